The van der Waals surface area contributed by atoms with Gasteiger partial charge in [-0.1, -0.05) is 0 Å². The first-order chi connectivity index (χ1) is 11.7. The van der Waals surface area contributed by atoms with Crippen molar-refractivity contribution in [2.75, 3.05) is 7.05 Å². The van der Waals surface area contributed by atoms with Crippen LogP contribution in [0.25, 0.3) is 5.57 Å². The van der Waals surface area contributed by atoms with Gasteiger partial charge in [0.15, 0.2) is 0 Å². The van der Waals surface area contributed by atoms with Crippen molar-refractivity contribution in [3.8, 4) is 11.6 Å². The predicted molar refractivity (Wildman–Crippen MR) is 89.4 cm³/mol. The Kier molecular flexibility index (Phi) is 5.41. The smallest absolute Gasteiger partial charge is 0.433 e. The van der Waals surface area contributed by atoms with Crippen LogP contribution in [-0.2, 0) is 6.18 Å². The molecule has 0 bridgehead atoms. The van der Waals surface area contributed by atoms with Gasteiger partial charge < -0.3 is 10.5 Å². The van der Waals surface area contributed by atoms with Crippen LogP contribution in [0.2, 0.25) is 0 Å². The maximum atomic E-state index is 12.6. The molecule has 0 unspecified atom stereocenters. The Morgan fingerprint density at radius 3 is 2.40 bits per heavy atom. The lowest BCUT2D eigenvalue weighted by atomic mass is 10.0. The molecule has 0 saturated carbocycles. The number of allylic oxidation sites excluding steroid dienone is 2. The number of hydrogen-bond donors (Lipinski definition) is 1. The van der Waals surface area contributed by atoms with Gasteiger partial charge in [0.1, 0.15) is 11.4 Å². The second-order valence-corrected chi connectivity index (χ2v) is 5.20. The van der Waals surface area contributed by atoms with E-state index in [0.29, 0.717) is 22.5 Å². The third-order valence-corrected chi connectivity index (χ3v) is 3.37. The molecule has 0 fully saturated rings. The van der Waals surface area contributed by atoms with Crippen LogP contribution < -0.4 is 10.5 Å². The van der Waals surface area contributed by atoms with E-state index in [1.54, 1.807) is 33.0 Å². The van der Waals surface area contributed by atoms with Crippen LogP contribution in [0.15, 0.2) is 47.3 Å². The fourth-order valence-corrected chi connectivity index (χ4v) is 2.19. The highest BCUT2D eigenvalue weighted by Crippen LogP contribution is 2.32. The monoisotopic (exact) mass is 350 g/mol. The van der Waals surface area contributed by atoms with E-state index < -0.39 is 11.9 Å². The summed E-state index contributed by atoms with van der Waals surface area (Å²) in [4.78, 5) is 11.6. The number of rotatable bonds is 4. The Labute approximate surface area is 143 Å². The molecule has 8 heteroatoms. The number of ether oxygens (including phenoxy) is 1. The van der Waals surface area contributed by atoms with Crippen LogP contribution in [0, 0.1) is 0 Å². The molecule has 0 atom stereocenters. The molecule has 0 saturated heterocycles. The summed E-state index contributed by atoms with van der Waals surface area (Å²) in [6.45, 7) is 3.52. The van der Waals surface area contributed by atoms with E-state index in [0.717, 1.165) is 12.3 Å². The van der Waals surface area contributed by atoms with Crippen molar-refractivity contribution in [3.05, 3.63) is 53.6 Å². The van der Waals surface area contributed by atoms with Crippen molar-refractivity contribution >= 4 is 11.3 Å². The van der Waals surface area contributed by atoms with Crippen LogP contribution in [0.3, 0.4) is 0 Å². The van der Waals surface area contributed by atoms with Crippen molar-refractivity contribution < 1.29 is 17.9 Å². The zero-order valence-electron chi connectivity index (χ0n) is 13.9. The second-order valence-electron chi connectivity index (χ2n) is 5.20. The summed E-state index contributed by atoms with van der Waals surface area (Å²) in [7, 11) is 1.63. The van der Waals surface area contributed by atoms with Crippen molar-refractivity contribution in [2.24, 2.45) is 10.7 Å². The number of nitrogens with zero attached hydrogens (tertiary/aromatic N) is 3. The van der Waals surface area contributed by atoms with E-state index >= 15 is 0 Å². The average molecular weight is 350 g/mol. The quantitative estimate of drug-likeness (QED) is 0.844. The Balaban J connectivity index is 2.41. The highest BCUT2D eigenvalue weighted by atomic mass is 19.4. The first kappa shape index (κ1) is 18.4. The van der Waals surface area contributed by atoms with E-state index in [4.69, 9.17) is 10.5 Å². The summed E-state index contributed by atoms with van der Waals surface area (Å²) in [5, 5.41) is 0. The van der Waals surface area contributed by atoms with Crippen LogP contribution in [0.1, 0.15) is 25.1 Å². The summed E-state index contributed by atoms with van der Waals surface area (Å²) < 4.78 is 43.4. The molecular formula is C17H17F3N4O. The van der Waals surface area contributed by atoms with Crippen LogP contribution >= 0.6 is 0 Å². The van der Waals surface area contributed by atoms with Crippen molar-refractivity contribution in [2.45, 2.75) is 20.0 Å². The molecule has 2 N–H and O–H groups in total. The number of nitrogens with two attached hydrogens (primary N) is 1. The fourth-order valence-electron chi connectivity index (χ4n) is 2.19. The Morgan fingerprint density at radius 2 is 1.88 bits per heavy atom. The number of pyridine rings is 2. The predicted octanol–water partition coefficient (Wildman–Crippen LogP) is 4.07. The lowest BCUT2D eigenvalue weighted by Crippen LogP contribution is -2.08. The summed E-state index contributed by atoms with van der Waals surface area (Å²) in [6.07, 6.45) is -1.99. The van der Waals surface area contributed by atoms with E-state index in [1.165, 1.54) is 12.3 Å². The molecule has 0 aliphatic rings. The second kappa shape index (κ2) is 7.33. The van der Waals surface area contributed by atoms with Crippen molar-refractivity contribution in [1.82, 2.24) is 9.97 Å². The van der Waals surface area contributed by atoms with Gasteiger partial charge in [0.05, 0.1) is 6.20 Å². The Morgan fingerprint density at radius 1 is 1.16 bits per heavy atom. The highest BCUT2D eigenvalue weighted by Gasteiger charge is 2.32. The van der Waals surface area contributed by atoms with Gasteiger partial charge in [-0.15, -0.1) is 0 Å². The van der Waals surface area contributed by atoms with E-state index in [-0.39, 0.29) is 11.6 Å². The highest BCUT2D eigenvalue weighted by molar-refractivity contribution is 6.23. The lowest BCUT2D eigenvalue weighted by molar-refractivity contribution is -0.141. The third kappa shape index (κ3) is 4.34. The minimum absolute atomic E-state index is 0.132. The van der Waals surface area contributed by atoms with Crippen molar-refractivity contribution in [1.29, 1.82) is 0 Å². The standard InChI is InChI=1S/C17H17F3N4O/c1-10(21)15(11(2)22-3)13-5-4-8-23-16(13)25-12-6-7-14(24-9-12)17(18,19)20/h4-9H,21H2,1-3H3. The minimum Gasteiger partial charge on any atom is -0.437 e. The zero-order valence-corrected chi connectivity index (χ0v) is 13.9. The molecule has 0 aromatic carbocycles. The van der Waals surface area contributed by atoms with Crippen molar-refractivity contribution in [3.63, 3.8) is 0 Å². The molecule has 2 heterocycles. The number of alkyl halides is 3. The summed E-state index contributed by atoms with van der Waals surface area (Å²) >= 11 is 0. The van der Waals surface area contributed by atoms with Gasteiger partial charge in [0.25, 0.3) is 0 Å². The maximum absolute atomic E-state index is 12.6. The number of aliphatic imine (C=N–C) groups is 1. The molecule has 0 radical (unpaired) electrons. The van der Waals surface area contributed by atoms with Gasteiger partial charge in [0.2, 0.25) is 5.88 Å². The van der Waals surface area contributed by atoms with E-state index in [2.05, 4.69) is 15.0 Å². The molecule has 0 spiro atoms. The van der Waals surface area contributed by atoms with Crippen LogP contribution in [0.5, 0.6) is 11.6 Å². The Hall–Kier alpha value is -2.90. The van der Waals surface area contributed by atoms with Crippen LogP contribution in [0.4, 0.5) is 13.2 Å². The fraction of sp³-hybridized carbons (Fsp3) is 0.235. The Bertz CT molecular complexity index is 807. The molecule has 0 aliphatic heterocycles. The summed E-state index contributed by atoms with van der Waals surface area (Å²) in [6, 6.07) is 5.49. The molecule has 2 aromatic rings. The number of halogens is 3. The summed E-state index contributed by atoms with van der Waals surface area (Å²) in [5.74, 6) is 0.333. The molecule has 25 heavy (non-hydrogen) atoms. The SMILES string of the molecule is CN=C(C)C(=C(C)N)c1cccnc1Oc1ccc(C(F)(F)F)nc1. The van der Waals surface area contributed by atoms with Gasteiger partial charge in [-0.05, 0) is 38.1 Å². The third-order valence-electron chi connectivity index (χ3n) is 3.37. The zero-order chi connectivity index (χ0) is 18.6. The normalized spacial score (nSPS) is 13.4. The lowest BCUT2D eigenvalue weighted by Gasteiger charge is -2.14. The van der Waals surface area contributed by atoms with Crippen LogP contribution in [-0.4, -0.2) is 22.7 Å². The average Bonchev–Trinajstić information content (AvgIpc) is 2.56. The molecule has 2 rings (SSSR count). The van der Waals surface area contributed by atoms with Gasteiger partial charge in [-0.3, -0.25) is 4.99 Å². The molecule has 132 valence electrons. The van der Waals surface area contributed by atoms with Gasteiger partial charge in [0, 0.05) is 35.8 Å². The van der Waals surface area contributed by atoms with Gasteiger partial charge in [-0.2, -0.15) is 13.2 Å². The molecule has 2 aromatic heterocycles. The van der Waals surface area contributed by atoms with Gasteiger partial charge in [-0.25, -0.2) is 9.97 Å². The first-order valence-electron chi connectivity index (χ1n) is 7.30. The molecule has 0 aliphatic carbocycles. The van der Waals surface area contributed by atoms with E-state index in [9.17, 15) is 13.2 Å². The minimum atomic E-state index is -4.50. The summed E-state index contributed by atoms with van der Waals surface area (Å²) in [5.41, 5.74) is 7.41. The topological polar surface area (TPSA) is 73.4 Å². The first-order valence-corrected chi connectivity index (χ1v) is 7.30. The molecular weight excluding hydrogens is 333 g/mol. The molecule has 0 amide bonds. The maximum Gasteiger partial charge on any atom is 0.433 e. The number of hydrogen-bond acceptors (Lipinski definition) is 5. The van der Waals surface area contributed by atoms with Gasteiger partial charge >= 0.3 is 6.18 Å². The number of aromatic nitrogens is 2. The molecule has 5 nitrogen and oxygen atoms in total. The van der Waals surface area contributed by atoms with E-state index in [1.807, 2.05) is 0 Å². The largest absolute Gasteiger partial charge is 0.437 e.